The van der Waals surface area contributed by atoms with Gasteiger partial charge in [0.2, 0.25) is 0 Å². The molecule has 1 aromatic carbocycles. The smallest absolute Gasteiger partial charge is 0.123 e. The molecule has 6 heteroatoms. The Morgan fingerprint density at radius 1 is 1.29 bits per heavy atom. The summed E-state index contributed by atoms with van der Waals surface area (Å²) in [5, 5.41) is 8.20. The van der Waals surface area contributed by atoms with Gasteiger partial charge in [-0.1, -0.05) is 18.2 Å². The summed E-state index contributed by atoms with van der Waals surface area (Å²) in [7, 11) is 1.74. The van der Waals surface area contributed by atoms with E-state index in [1.807, 2.05) is 16.8 Å². The number of nitrogens with one attached hydrogen (secondary N) is 1. The van der Waals surface area contributed by atoms with Crippen LogP contribution in [0.3, 0.4) is 0 Å². The fraction of sp³-hybridized carbons (Fsp3) is 0.500. The Morgan fingerprint density at radius 2 is 2.08 bits per heavy atom. The van der Waals surface area contributed by atoms with Gasteiger partial charge in [-0.3, -0.25) is 9.58 Å². The zero-order valence-corrected chi connectivity index (χ0v) is 15.4. The van der Waals surface area contributed by atoms with E-state index in [1.165, 1.54) is 5.56 Å². The first-order valence-electron chi connectivity index (χ1n) is 8.30. The van der Waals surface area contributed by atoms with Gasteiger partial charge in [0.05, 0.1) is 18.8 Å². The molecule has 0 spiro atoms. The Labute approximate surface area is 150 Å². The van der Waals surface area contributed by atoms with Crippen molar-refractivity contribution in [2.45, 2.75) is 32.5 Å². The van der Waals surface area contributed by atoms with Gasteiger partial charge in [0.15, 0.2) is 0 Å². The zero-order valence-electron chi connectivity index (χ0n) is 14.6. The normalized spacial score (nSPS) is 18.4. The molecule has 1 aliphatic heterocycles. The lowest BCUT2D eigenvalue weighted by atomic mass is 10.0. The predicted octanol–water partition coefficient (Wildman–Crippen LogP) is 3.04. The summed E-state index contributed by atoms with van der Waals surface area (Å²) in [5.74, 6) is 0.957. The molecule has 24 heavy (non-hydrogen) atoms. The van der Waals surface area contributed by atoms with E-state index in [0.717, 1.165) is 37.6 Å². The minimum Gasteiger partial charge on any atom is -0.496 e. The van der Waals surface area contributed by atoms with Crippen LogP contribution in [-0.2, 0) is 6.54 Å². The largest absolute Gasteiger partial charge is 0.496 e. The number of hydrogen-bond acceptors (Lipinski definition) is 4. The van der Waals surface area contributed by atoms with E-state index in [4.69, 9.17) is 9.84 Å². The fourth-order valence-corrected chi connectivity index (χ4v) is 3.14. The van der Waals surface area contributed by atoms with Crippen molar-refractivity contribution in [3.05, 3.63) is 47.8 Å². The van der Waals surface area contributed by atoms with Crippen molar-refractivity contribution in [2.24, 2.45) is 0 Å². The summed E-state index contributed by atoms with van der Waals surface area (Å²) in [4.78, 5) is 2.49. The average Bonchev–Trinajstić information content (AvgIpc) is 3.04. The molecular weight excluding hydrogens is 324 g/mol. The van der Waals surface area contributed by atoms with Crippen molar-refractivity contribution in [1.82, 2.24) is 20.0 Å². The Kier molecular flexibility index (Phi) is 6.66. The monoisotopic (exact) mass is 350 g/mol. The highest BCUT2D eigenvalue weighted by Crippen LogP contribution is 2.30. The van der Waals surface area contributed by atoms with E-state index in [-0.39, 0.29) is 12.4 Å². The molecule has 0 saturated carbocycles. The number of piperazine rings is 1. The maximum absolute atomic E-state index is 5.56. The topological polar surface area (TPSA) is 42.3 Å². The second-order valence-corrected chi connectivity index (χ2v) is 6.31. The van der Waals surface area contributed by atoms with Crippen molar-refractivity contribution < 1.29 is 4.74 Å². The lowest BCUT2D eigenvalue weighted by Gasteiger charge is -2.36. The fourth-order valence-electron chi connectivity index (χ4n) is 3.14. The third kappa shape index (κ3) is 4.09. The first-order chi connectivity index (χ1) is 11.2. The molecule has 132 valence electrons. The summed E-state index contributed by atoms with van der Waals surface area (Å²) in [6, 6.07) is 11.1. The lowest BCUT2D eigenvalue weighted by molar-refractivity contribution is 0.149. The number of ether oxygens (including phenoxy) is 1. The summed E-state index contributed by atoms with van der Waals surface area (Å²) < 4.78 is 7.58. The third-order valence-corrected chi connectivity index (χ3v) is 4.41. The SMILES string of the molecule is COc1ccccc1C1CNCCN1Cc1ccn(C(C)C)n1.Cl. The summed E-state index contributed by atoms with van der Waals surface area (Å²) in [5.41, 5.74) is 2.37. The van der Waals surface area contributed by atoms with Crippen molar-refractivity contribution in [3.8, 4) is 5.75 Å². The number of aromatic nitrogens is 2. The van der Waals surface area contributed by atoms with Gasteiger partial charge in [0.25, 0.3) is 0 Å². The highest BCUT2D eigenvalue weighted by molar-refractivity contribution is 5.85. The first-order valence-corrected chi connectivity index (χ1v) is 8.30. The maximum atomic E-state index is 5.56. The molecule has 3 rings (SSSR count). The molecule has 1 aliphatic rings. The first kappa shape index (κ1) is 18.8. The quantitative estimate of drug-likeness (QED) is 0.900. The number of halogens is 1. The summed E-state index contributed by atoms with van der Waals surface area (Å²) in [6.45, 7) is 8.13. The van der Waals surface area contributed by atoms with Crippen LogP contribution in [0.2, 0.25) is 0 Å². The average molecular weight is 351 g/mol. The van der Waals surface area contributed by atoms with Gasteiger partial charge in [0, 0.05) is 44.0 Å². The standard InChI is InChI=1S/C18H26N4O.ClH/c1-14(2)22-10-8-15(20-22)13-21-11-9-19-12-17(21)16-6-4-5-7-18(16)23-3;/h4-8,10,14,17,19H,9,11-13H2,1-3H3;1H. The molecule has 0 aliphatic carbocycles. The van der Waals surface area contributed by atoms with Crippen molar-refractivity contribution >= 4 is 12.4 Å². The van der Waals surface area contributed by atoms with Gasteiger partial charge < -0.3 is 10.1 Å². The van der Waals surface area contributed by atoms with Gasteiger partial charge in [-0.2, -0.15) is 5.10 Å². The van der Waals surface area contributed by atoms with Gasteiger partial charge in [-0.15, -0.1) is 12.4 Å². The lowest BCUT2D eigenvalue weighted by Crippen LogP contribution is -2.45. The highest BCUT2D eigenvalue weighted by Gasteiger charge is 2.26. The number of benzene rings is 1. The Balaban J connectivity index is 0.00000208. The number of rotatable bonds is 5. The Hall–Kier alpha value is -1.56. The second-order valence-electron chi connectivity index (χ2n) is 6.31. The van der Waals surface area contributed by atoms with E-state index in [9.17, 15) is 0 Å². The minimum absolute atomic E-state index is 0. The molecule has 2 heterocycles. The highest BCUT2D eigenvalue weighted by atomic mass is 35.5. The van der Waals surface area contributed by atoms with Crippen LogP contribution in [0, 0.1) is 0 Å². The summed E-state index contributed by atoms with van der Waals surface area (Å²) in [6.07, 6.45) is 2.07. The van der Waals surface area contributed by atoms with E-state index >= 15 is 0 Å². The number of methoxy groups -OCH3 is 1. The second kappa shape index (κ2) is 8.51. The zero-order chi connectivity index (χ0) is 16.2. The molecule has 1 atom stereocenters. The van der Waals surface area contributed by atoms with E-state index in [1.54, 1.807) is 7.11 Å². The van der Waals surface area contributed by atoms with Crippen LogP contribution < -0.4 is 10.1 Å². The van der Waals surface area contributed by atoms with Crippen LogP contribution >= 0.6 is 12.4 Å². The molecule has 1 fully saturated rings. The van der Waals surface area contributed by atoms with Crippen molar-refractivity contribution in [1.29, 1.82) is 0 Å². The molecule has 5 nitrogen and oxygen atoms in total. The third-order valence-electron chi connectivity index (χ3n) is 4.41. The van der Waals surface area contributed by atoms with Gasteiger partial charge in [-0.05, 0) is 26.0 Å². The molecule has 0 bridgehead atoms. The van der Waals surface area contributed by atoms with Crippen molar-refractivity contribution in [3.63, 3.8) is 0 Å². The number of hydrogen-bond donors (Lipinski definition) is 1. The van der Waals surface area contributed by atoms with Gasteiger partial charge >= 0.3 is 0 Å². The molecule has 2 aromatic rings. The van der Waals surface area contributed by atoms with E-state index in [0.29, 0.717) is 12.1 Å². The van der Waals surface area contributed by atoms with Crippen LogP contribution in [-0.4, -0.2) is 41.4 Å². The minimum atomic E-state index is 0. The van der Waals surface area contributed by atoms with Gasteiger partial charge in [-0.25, -0.2) is 0 Å². The molecule has 1 unspecified atom stereocenters. The Morgan fingerprint density at radius 3 is 2.79 bits per heavy atom. The number of nitrogens with zero attached hydrogens (tertiary/aromatic N) is 3. The van der Waals surface area contributed by atoms with E-state index < -0.39 is 0 Å². The maximum Gasteiger partial charge on any atom is 0.123 e. The molecule has 1 saturated heterocycles. The van der Waals surface area contributed by atoms with Crippen LogP contribution in [0.1, 0.15) is 37.2 Å². The molecule has 0 amide bonds. The molecular formula is C18H27ClN4O. The molecule has 0 radical (unpaired) electrons. The molecule has 1 N–H and O–H groups in total. The Bertz CT molecular complexity index is 643. The van der Waals surface area contributed by atoms with Crippen molar-refractivity contribution in [2.75, 3.05) is 26.7 Å². The molecule has 1 aromatic heterocycles. The van der Waals surface area contributed by atoms with Gasteiger partial charge in [0.1, 0.15) is 5.75 Å². The predicted molar refractivity (Wildman–Crippen MR) is 98.9 cm³/mol. The van der Waals surface area contributed by atoms with Crippen LogP contribution in [0.5, 0.6) is 5.75 Å². The number of para-hydroxylation sites is 1. The van der Waals surface area contributed by atoms with Crippen LogP contribution in [0.4, 0.5) is 0 Å². The van der Waals surface area contributed by atoms with Crippen LogP contribution in [0.25, 0.3) is 0 Å². The summed E-state index contributed by atoms with van der Waals surface area (Å²) >= 11 is 0. The van der Waals surface area contributed by atoms with E-state index in [2.05, 4.69) is 48.5 Å². The van der Waals surface area contributed by atoms with Crippen LogP contribution in [0.15, 0.2) is 36.5 Å².